The first-order chi connectivity index (χ1) is 16.4. The fraction of sp³-hybridized carbons (Fsp3) is 0.379. The van der Waals surface area contributed by atoms with Gasteiger partial charge in [0.1, 0.15) is 12.4 Å². The molecule has 0 spiro atoms. The molecule has 0 aromatic heterocycles. The average molecular weight is 462 g/mol. The van der Waals surface area contributed by atoms with E-state index in [1.165, 1.54) is 12.7 Å². The molecule has 0 N–H and O–H groups in total. The number of rotatable bonds is 10. The SMILES string of the molecule is COC(=O)c1c(C)cccc1COc1cccc(CN(CCCC2=CC=CC(C)C2)C(C)=O)c1. The Morgan fingerprint density at radius 1 is 1.15 bits per heavy atom. The lowest BCUT2D eigenvalue weighted by atomic mass is 9.93. The Labute approximate surface area is 203 Å². The molecule has 0 heterocycles. The monoisotopic (exact) mass is 461 g/mol. The Kier molecular flexibility index (Phi) is 9.08. The highest BCUT2D eigenvalue weighted by molar-refractivity contribution is 5.92. The fourth-order valence-corrected chi connectivity index (χ4v) is 4.32. The van der Waals surface area contributed by atoms with Crippen molar-refractivity contribution in [1.82, 2.24) is 4.90 Å². The van der Waals surface area contributed by atoms with Crippen LogP contribution in [0.5, 0.6) is 5.75 Å². The van der Waals surface area contributed by atoms with Gasteiger partial charge in [-0.2, -0.15) is 0 Å². The summed E-state index contributed by atoms with van der Waals surface area (Å²) in [6.07, 6.45) is 9.65. The van der Waals surface area contributed by atoms with Gasteiger partial charge in [0.15, 0.2) is 0 Å². The Morgan fingerprint density at radius 2 is 1.94 bits per heavy atom. The number of benzene rings is 2. The van der Waals surface area contributed by atoms with Gasteiger partial charge in [-0.3, -0.25) is 4.79 Å². The van der Waals surface area contributed by atoms with Crippen LogP contribution in [0.25, 0.3) is 0 Å². The van der Waals surface area contributed by atoms with E-state index in [4.69, 9.17) is 9.47 Å². The van der Waals surface area contributed by atoms with Crippen LogP contribution in [0.2, 0.25) is 0 Å². The second kappa shape index (κ2) is 12.2. The molecule has 0 saturated heterocycles. The van der Waals surface area contributed by atoms with Crippen molar-refractivity contribution in [3.8, 4) is 5.75 Å². The number of carbonyl (C=O) groups is 2. The summed E-state index contributed by atoms with van der Waals surface area (Å²) in [6.45, 7) is 7.26. The molecular formula is C29H35NO4. The molecular weight excluding hydrogens is 426 g/mol. The molecule has 0 radical (unpaired) electrons. The number of hydrogen-bond donors (Lipinski definition) is 0. The van der Waals surface area contributed by atoms with E-state index in [0.717, 1.165) is 42.5 Å². The van der Waals surface area contributed by atoms with Crippen LogP contribution in [0, 0.1) is 12.8 Å². The number of hydrogen-bond acceptors (Lipinski definition) is 4. The maximum atomic E-state index is 12.3. The molecule has 0 fully saturated rings. The van der Waals surface area contributed by atoms with Crippen LogP contribution < -0.4 is 4.74 Å². The Bertz CT molecular complexity index is 1070. The quantitative estimate of drug-likeness (QED) is 0.407. The zero-order chi connectivity index (χ0) is 24.5. The summed E-state index contributed by atoms with van der Waals surface area (Å²) in [5.41, 5.74) is 4.65. The van der Waals surface area contributed by atoms with E-state index in [9.17, 15) is 9.59 Å². The summed E-state index contributed by atoms with van der Waals surface area (Å²) in [5.74, 6) is 0.998. The molecule has 5 heteroatoms. The van der Waals surface area contributed by atoms with E-state index >= 15 is 0 Å². The van der Waals surface area contributed by atoms with Crippen LogP contribution in [0.4, 0.5) is 0 Å². The van der Waals surface area contributed by atoms with Crippen LogP contribution in [-0.4, -0.2) is 30.4 Å². The number of aryl methyl sites for hydroxylation is 1. The predicted molar refractivity (Wildman–Crippen MR) is 135 cm³/mol. The first-order valence-electron chi connectivity index (χ1n) is 11.9. The van der Waals surface area contributed by atoms with E-state index in [1.54, 1.807) is 6.92 Å². The minimum Gasteiger partial charge on any atom is -0.489 e. The van der Waals surface area contributed by atoms with Crippen LogP contribution >= 0.6 is 0 Å². The standard InChI is InChI=1S/C29H35NO4/c1-21-9-5-11-24(17-21)13-8-16-30(23(3)31)19-25-12-7-15-27(18-25)34-20-26-14-6-10-22(2)28(26)29(32)33-4/h5-7,9-12,14-15,18,21H,8,13,16-17,19-20H2,1-4H3. The Hall–Kier alpha value is -3.34. The molecule has 180 valence electrons. The largest absolute Gasteiger partial charge is 0.489 e. The number of amides is 1. The van der Waals surface area contributed by atoms with Gasteiger partial charge in [-0.05, 0) is 55.4 Å². The van der Waals surface area contributed by atoms with Gasteiger partial charge >= 0.3 is 5.97 Å². The maximum absolute atomic E-state index is 12.3. The Morgan fingerprint density at radius 3 is 2.68 bits per heavy atom. The van der Waals surface area contributed by atoms with E-state index in [1.807, 2.05) is 54.3 Å². The molecule has 2 aromatic rings. The van der Waals surface area contributed by atoms with E-state index < -0.39 is 0 Å². The van der Waals surface area contributed by atoms with Gasteiger partial charge in [0.25, 0.3) is 0 Å². The topological polar surface area (TPSA) is 55.8 Å². The zero-order valence-corrected chi connectivity index (χ0v) is 20.7. The first-order valence-corrected chi connectivity index (χ1v) is 11.9. The second-order valence-corrected chi connectivity index (χ2v) is 8.97. The van der Waals surface area contributed by atoms with Crippen molar-refractivity contribution < 1.29 is 19.1 Å². The second-order valence-electron chi connectivity index (χ2n) is 8.97. The van der Waals surface area contributed by atoms with Gasteiger partial charge < -0.3 is 14.4 Å². The highest BCUT2D eigenvalue weighted by Crippen LogP contribution is 2.23. The van der Waals surface area contributed by atoms with Crippen LogP contribution in [0.1, 0.15) is 60.2 Å². The molecule has 2 aromatic carbocycles. The number of methoxy groups -OCH3 is 1. The lowest BCUT2D eigenvalue weighted by molar-refractivity contribution is -0.129. The molecule has 1 aliphatic carbocycles. The normalized spacial score (nSPS) is 14.9. The van der Waals surface area contributed by atoms with Crippen LogP contribution in [0.3, 0.4) is 0 Å². The number of nitrogens with zero attached hydrogens (tertiary/aromatic N) is 1. The lowest BCUT2D eigenvalue weighted by Gasteiger charge is -2.22. The molecule has 0 bridgehead atoms. The van der Waals surface area contributed by atoms with Crippen molar-refractivity contribution in [3.63, 3.8) is 0 Å². The van der Waals surface area contributed by atoms with Crippen LogP contribution in [-0.2, 0) is 22.7 Å². The third-order valence-electron chi connectivity index (χ3n) is 6.14. The van der Waals surface area contributed by atoms with Crippen molar-refractivity contribution in [1.29, 1.82) is 0 Å². The lowest BCUT2D eigenvalue weighted by Crippen LogP contribution is -2.29. The molecule has 5 nitrogen and oxygen atoms in total. The van der Waals surface area contributed by atoms with Gasteiger partial charge in [0.2, 0.25) is 5.91 Å². The molecule has 1 aliphatic rings. The minimum atomic E-state index is -0.364. The summed E-state index contributed by atoms with van der Waals surface area (Å²) in [5, 5.41) is 0. The smallest absolute Gasteiger partial charge is 0.338 e. The fourth-order valence-electron chi connectivity index (χ4n) is 4.32. The number of allylic oxidation sites excluding steroid dienone is 4. The molecule has 34 heavy (non-hydrogen) atoms. The third-order valence-corrected chi connectivity index (χ3v) is 6.14. The minimum absolute atomic E-state index is 0.0692. The maximum Gasteiger partial charge on any atom is 0.338 e. The molecule has 0 saturated carbocycles. The van der Waals surface area contributed by atoms with Crippen molar-refractivity contribution in [2.45, 2.75) is 53.2 Å². The van der Waals surface area contributed by atoms with Gasteiger partial charge in [-0.25, -0.2) is 4.79 Å². The van der Waals surface area contributed by atoms with Gasteiger partial charge in [-0.15, -0.1) is 0 Å². The van der Waals surface area contributed by atoms with Crippen LogP contribution in [0.15, 0.2) is 66.3 Å². The molecule has 0 aliphatic heterocycles. The summed E-state index contributed by atoms with van der Waals surface area (Å²) in [4.78, 5) is 26.3. The van der Waals surface area contributed by atoms with Crippen molar-refractivity contribution in [2.75, 3.05) is 13.7 Å². The van der Waals surface area contributed by atoms with Crippen molar-refractivity contribution in [3.05, 3.63) is 88.5 Å². The number of ether oxygens (including phenoxy) is 2. The molecule has 1 atom stereocenters. The summed E-state index contributed by atoms with van der Waals surface area (Å²) < 4.78 is 10.9. The average Bonchev–Trinajstić information content (AvgIpc) is 2.82. The zero-order valence-electron chi connectivity index (χ0n) is 20.7. The Balaban J connectivity index is 1.60. The van der Waals surface area contributed by atoms with E-state index in [-0.39, 0.29) is 18.5 Å². The molecule has 3 rings (SSSR count). The van der Waals surface area contributed by atoms with Gasteiger partial charge in [0, 0.05) is 25.6 Å². The molecule has 1 unspecified atom stereocenters. The van der Waals surface area contributed by atoms with Gasteiger partial charge in [0.05, 0.1) is 12.7 Å². The summed E-state index contributed by atoms with van der Waals surface area (Å²) in [7, 11) is 1.38. The summed E-state index contributed by atoms with van der Waals surface area (Å²) >= 11 is 0. The van der Waals surface area contributed by atoms with Crippen molar-refractivity contribution in [2.24, 2.45) is 5.92 Å². The highest BCUT2D eigenvalue weighted by atomic mass is 16.5. The molecule has 1 amide bonds. The van der Waals surface area contributed by atoms with E-state index in [0.29, 0.717) is 23.8 Å². The third kappa shape index (κ3) is 7.08. The highest BCUT2D eigenvalue weighted by Gasteiger charge is 2.16. The number of esters is 1. The van der Waals surface area contributed by atoms with Crippen molar-refractivity contribution >= 4 is 11.9 Å². The summed E-state index contributed by atoms with van der Waals surface area (Å²) in [6, 6.07) is 13.4. The van der Waals surface area contributed by atoms with Gasteiger partial charge in [-0.1, -0.05) is 61.1 Å². The first kappa shape index (κ1) is 25.3. The predicted octanol–water partition coefficient (Wildman–Crippen LogP) is 6.01. The number of carbonyl (C=O) groups excluding carboxylic acids is 2. The van der Waals surface area contributed by atoms with E-state index in [2.05, 4.69) is 25.2 Å².